The number of ether oxygens (including phenoxy) is 1. The van der Waals surface area contributed by atoms with Crippen LogP contribution in [0.5, 0.6) is 0 Å². The molecule has 0 unspecified atom stereocenters. The van der Waals surface area contributed by atoms with Crippen molar-refractivity contribution in [3.8, 4) is 0 Å². The van der Waals surface area contributed by atoms with Gasteiger partial charge in [0.2, 0.25) is 0 Å². The molecule has 0 aliphatic heterocycles. The molecule has 0 aliphatic rings. The average Bonchev–Trinajstić information content (AvgIpc) is 2.45. The maximum atomic E-state index is 11.4. The molecule has 1 rings (SSSR count). The summed E-state index contributed by atoms with van der Waals surface area (Å²) in [5, 5.41) is 4.13. The molecule has 0 fully saturated rings. The van der Waals surface area contributed by atoms with E-state index in [1.165, 1.54) is 7.11 Å². The summed E-state index contributed by atoms with van der Waals surface area (Å²) in [5.41, 5.74) is 0.543. The Labute approximate surface area is 96.8 Å². The first-order valence-electron chi connectivity index (χ1n) is 4.36. The fraction of sp³-hybridized carbons (Fsp3) is 0.556. The van der Waals surface area contributed by atoms with E-state index in [1.807, 2.05) is 0 Å². The zero-order valence-corrected chi connectivity index (χ0v) is 10.6. The monoisotopic (exact) mass is 308 g/mol. The number of aromatic nitrogens is 2. The van der Waals surface area contributed by atoms with Crippen LogP contribution in [0.3, 0.4) is 0 Å². The number of carbonyl (C=O) groups is 1. The van der Waals surface area contributed by atoms with Crippen molar-refractivity contribution in [1.82, 2.24) is 9.78 Å². The van der Waals surface area contributed by atoms with Crippen molar-refractivity contribution in [1.29, 1.82) is 0 Å². The Balaban J connectivity index is 3.00. The number of hydrogen-bond acceptors (Lipinski definition) is 3. The Kier molecular flexibility index (Phi) is 3.91. The molecular weight excluding hydrogens is 295 g/mol. The van der Waals surface area contributed by atoms with Gasteiger partial charge in [-0.25, -0.2) is 4.79 Å². The summed E-state index contributed by atoms with van der Waals surface area (Å²) < 4.78 is 7.21. The van der Waals surface area contributed by atoms with E-state index in [0.29, 0.717) is 11.6 Å². The van der Waals surface area contributed by atoms with Crippen LogP contribution in [0.15, 0.2) is 6.20 Å². The average molecular weight is 308 g/mol. The molecule has 1 heterocycles. The highest BCUT2D eigenvalue weighted by Gasteiger charge is 2.17. The fourth-order valence-corrected chi connectivity index (χ4v) is 1.77. The molecule has 0 spiro atoms. The van der Waals surface area contributed by atoms with Gasteiger partial charge < -0.3 is 4.74 Å². The highest BCUT2D eigenvalue weighted by molar-refractivity contribution is 14.1. The van der Waals surface area contributed by atoms with E-state index in [0.717, 1.165) is 10.1 Å². The molecule has 1 aromatic heterocycles. The Morgan fingerprint density at radius 2 is 2.36 bits per heavy atom. The maximum absolute atomic E-state index is 11.4. The molecule has 0 atom stereocenters. The van der Waals surface area contributed by atoms with Crippen LogP contribution in [0.2, 0.25) is 0 Å². The lowest BCUT2D eigenvalue weighted by Gasteiger charge is -2.08. The Morgan fingerprint density at radius 1 is 1.71 bits per heavy atom. The van der Waals surface area contributed by atoms with Crippen LogP contribution in [0.1, 0.15) is 24.3 Å². The SMILES string of the molecule is COC(=O)c1c(I)cnn1CC(C)C. The van der Waals surface area contributed by atoms with Gasteiger partial charge in [-0.15, -0.1) is 0 Å². The van der Waals surface area contributed by atoms with Crippen molar-refractivity contribution in [2.45, 2.75) is 20.4 Å². The first kappa shape index (κ1) is 11.5. The van der Waals surface area contributed by atoms with Gasteiger partial charge in [-0.3, -0.25) is 4.68 Å². The number of carbonyl (C=O) groups excluding carboxylic acids is 1. The van der Waals surface area contributed by atoms with Crippen molar-refractivity contribution in [3.05, 3.63) is 15.5 Å². The lowest BCUT2D eigenvalue weighted by molar-refractivity contribution is 0.0584. The normalized spacial score (nSPS) is 10.6. The van der Waals surface area contributed by atoms with Gasteiger partial charge in [0.05, 0.1) is 16.9 Å². The summed E-state index contributed by atoms with van der Waals surface area (Å²) >= 11 is 2.08. The van der Waals surface area contributed by atoms with Crippen LogP contribution in [0.4, 0.5) is 0 Å². The fourth-order valence-electron chi connectivity index (χ4n) is 1.15. The summed E-state index contributed by atoms with van der Waals surface area (Å²) in [6.45, 7) is 4.89. The third-order valence-corrected chi connectivity index (χ3v) is 2.50. The Morgan fingerprint density at radius 3 is 2.86 bits per heavy atom. The number of halogens is 1. The third kappa shape index (κ3) is 2.46. The molecule has 14 heavy (non-hydrogen) atoms. The number of methoxy groups -OCH3 is 1. The largest absolute Gasteiger partial charge is 0.464 e. The molecule has 4 nitrogen and oxygen atoms in total. The predicted octanol–water partition coefficient (Wildman–Crippen LogP) is 1.93. The summed E-state index contributed by atoms with van der Waals surface area (Å²) in [4.78, 5) is 11.4. The van der Waals surface area contributed by atoms with Gasteiger partial charge in [-0.05, 0) is 28.5 Å². The van der Waals surface area contributed by atoms with Crippen LogP contribution in [-0.2, 0) is 11.3 Å². The summed E-state index contributed by atoms with van der Waals surface area (Å²) in [5.74, 6) is 0.127. The predicted molar refractivity (Wildman–Crippen MR) is 61.1 cm³/mol. The Bertz CT molecular complexity index is 334. The summed E-state index contributed by atoms with van der Waals surface area (Å²) in [7, 11) is 1.38. The minimum Gasteiger partial charge on any atom is -0.464 e. The van der Waals surface area contributed by atoms with Crippen molar-refractivity contribution < 1.29 is 9.53 Å². The highest BCUT2D eigenvalue weighted by Crippen LogP contribution is 2.14. The minimum atomic E-state index is -0.326. The van der Waals surface area contributed by atoms with Gasteiger partial charge in [0.15, 0.2) is 5.69 Å². The minimum absolute atomic E-state index is 0.326. The topological polar surface area (TPSA) is 44.1 Å². The molecule has 0 radical (unpaired) electrons. The van der Waals surface area contributed by atoms with E-state index >= 15 is 0 Å². The van der Waals surface area contributed by atoms with Gasteiger partial charge in [-0.1, -0.05) is 13.8 Å². The van der Waals surface area contributed by atoms with Gasteiger partial charge in [0.1, 0.15) is 0 Å². The van der Waals surface area contributed by atoms with Gasteiger partial charge in [0, 0.05) is 6.54 Å². The standard InChI is InChI=1S/C9H13IN2O2/c1-6(2)5-12-8(9(13)14-3)7(10)4-11-12/h4,6H,5H2,1-3H3. The van der Waals surface area contributed by atoms with Crippen molar-refractivity contribution in [2.24, 2.45) is 5.92 Å². The van der Waals surface area contributed by atoms with E-state index in [9.17, 15) is 4.79 Å². The van der Waals surface area contributed by atoms with Gasteiger partial charge >= 0.3 is 5.97 Å². The van der Waals surface area contributed by atoms with E-state index in [1.54, 1.807) is 10.9 Å². The summed E-state index contributed by atoms with van der Waals surface area (Å²) in [6.07, 6.45) is 1.68. The van der Waals surface area contributed by atoms with E-state index in [2.05, 4.69) is 41.5 Å². The van der Waals surface area contributed by atoms with Crippen molar-refractivity contribution >= 4 is 28.6 Å². The molecule has 0 saturated carbocycles. The molecule has 5 heteroatoms. The number of esters is 1. The van der Waals surface area contributed by atoms with Crippen LogP contribution < -0.4 is 0 Å². The lowest BCUT2D eigenvalue weighted by atomic mass is 10.2. The second-order valence-corrected chi connectivity index (χ2v) is 4.57. The number of rotatable bonds is 3. The number of hydrogen-bond donors (Lipinski definition) is 0. The molecule has 0 amide bonds. The highest BCUT2D eigenvalue weighted by atomic mass is 127. The first-order chi connectivity index (χ1) is 6.56. The molecule has 0 aromatic carbocycles. The second-order valence-electron chi connectivity index (χ2n) is 3.41. The molecular formula is C9H13IN2O2. The van der Waals surface area contributed by atoms with E-state index in [4.69, 9.17) is 4.74 Å². The summed E-state index contributed by atoms with van der Waals surface area (Å²) in [6, 6.07) is 0. The zero-order valence-electron chi connectivity index (χ0n) is 8.45. The molecule has 0 bridgehead atoms. The number of nitrogens with zero attached hydrogens (tertiary/aromatic N) is 2. The quantitative estimate of drug-likeness (QED) is 0.633. The third-order valence-electron chi connectivity index (χ3n) is 1.71. The molecule has 0 N–H and O–H groups in total. The zero-order chi connectivity index (χ0) is 10.7. The van der Waals surface area contributed by atoms with Crippen LogP contribution in [0, 0.1) is 9.49 Å². The smallest absolute Gasteiger partial charge is 0.357 e. The molecule has 78 valence electrons. The maximum Gasteiger partial charge on any atom is 0.357 e. The molecule has 1 aromatic rings. The van der Waals surface area contributed by atoms with Gasteiger partial charge in [0.25, 0.3) is 0 Å². The van der Waals surface area contributed by atoms with Crippen molar-refractivity contribution in [2.75, 3.05) is 7.11 Å². The lowest BCUT2D eigenvalue weighted by Crippen LogP contribution is -2.15. The van der Waals surface area contributed by atoms with Crippen molar-refractivity contribution in [3.63, 3.8) is 0 Å². The Hall–Kier alpha value is -0.590. The van der Waals surface area contributed by atoms with Crippen LogP contribution in [-0.4, -0.2) is 22.9 Å². The molecule has 0 saturated heterocycles. The van der Waals surface area contributed by atoms with E-state index in [-0.39, 0.29) is 5.97 Å². The second kappa shape index (κ2) is 4.77. The first-order valence-corrected chi connectivity index (χ1v) is 5.43. The van der Waals surface area contributed by atoms with Gasteiger partial charge in [-0.2, -0.15) is 5.10 Å². The molecule has 0 aliphatic carbocycles. The van der Waals surface area contributed by atoms with E-state index < -0.39 is 0 Å². The van der Waals surface area contributed by atoms with Crippen LogP contribution >= 0.6 is 22.6 Å². The van der Waals surface area contributed by atoms with Crippen LogP contribution in [0.25, 0.3) is 0 Å².